The highest BCUT2D eigenvalue weighted by molar-refractivity contribution is 9.10. The van der Waals surface area contributed by atoms with Crippen molar-refractivity contribution in [3.63, 3.8) is 0 Å². The van der Waals surface area contributed by atoms with Gasteiger partial charge in [-0.2, -0.15) is 0 Å². The maximum atomic E-state index is 12.3. The summed E-state index contributed by atoms with van der Waals surface area (Å²) in [6, 6.07) is 5.80. The van der Waals surface area contributed by atoms with Crippen LogP contribution in [0.3, 0.4) is 0 Å². The van der Waals surface area contributed by atoms with E-state index in [1.54, 1.807) is 6.07 Å². The zero-order valence-corrected chi connectivity index (χ0v) is 13.7. The maximum absolute atomic E-state index is 12.3. The van der Waals surface area contributed by atoms with Crippen molar-refractivity contribution in [3.8, 4) is 0 Å². The third-order valence-electron chi connectivity index (χ3n) is 2.31. The van der Waals surface area contributed by atoms with Gasteiger partial charge in [0.2, 0.25) is 0 Å². The first-order valence-electron chi connectivity index (χ1n) is 5.18. The van der Waals surface area contributed by atoms with Crippen molar-refractivity contribution in [3.05, 3.63) is 45.0 Å². The van der Waals surface area contributed by atoms with Gasteiger partial charge in [-0.25, -0.2) is 13.4 Å². The molecule has 9 heteroatoms. The van der Waals surface area contributed by atoms with E-state index in [1.165, 1.54) is 24.4 Å². The fourth-order valence-corrected chi connectivity index (χ4v) is 3.48. The lowest BCUT2D eigenvalue weighted by Crippen LogP contribution is -2.15. The summed E-state index contributed by atoms with van der Waals surface area (Å²) in [4.78, 5) is 3.63. The van der Waals surface area contributed by atoms with Gasteiger partial charge in [0.05, 0.1) is 10.7 Å². The molecule has 0 amide bonds. The standard InChI is InChI=1S/C11H8BrCl2N3O2S/c12-6-3-10(11(15)16-5-6)20(18,19)17-9-4-7(13)1-2-8(9)14/h1-5,17H,(H2,15,16). The quantitative estimate of drug-likeness (QED) is 0.830. The molecular formula is C11H8BrCl2N3O2S. The summed E-state index contributed by atoms with van der Waals surface area (Å²) in [6.07, 6.45) is 1.40. The van der Waals surface area contributed by atoms with Crippen molar-refractivity contribution >= 4 is 60.7 Å². The molecule has 2 rings (SSSR count). The highest BCUT2D eigenvalue weighted by Gasteiger charge is 2.20. The summed E-state index contributed by atoms with van der Waals surface area (Å²) in [6.45, 7) is 0. The molecule has 0 aliphatic carbocycles. The fourth-order valence-electron chi connectivity index (χ4n) is 1.42. The average molecular weight is 397 g/mol. The molecule has 3 N–H and O–H groups in total. The van der Waals surface area contributed by atoms with Gasteiger partial charge < -0.3 is 5.73 Å². The Morgan fingerprint density at radius 2 is 1.95 bits per heavy atom. The Morgan fingerprint density at radius 1 is 1.25 bits per heavy atom. The van der Waals surface area contributed by atoms with Crippen LogP contribution in [0.1, 0.15) is 0 Å². The van der Waals surface area contributed by atoms with Crippen molar-refractivity contribution in [2.24, 2.45) is 0 Å². The van der Waals surface area contributed by atoms with Crippen LogP contribution in [-0.4, -0.2) is 13.4 Å². The zero-order chi connectivity index (χ0) is 14.9. The zero-order valence-electron chi connectivity index (χ0n) is 9.77. The number of halogens is 3. The van der Waals surface area contributed by atoms with E-state index < -0.39 is 10.0 Å². The van der Waals surface area contributed by atoms with Crippen molar-refractivity contribution in [1.82, 2.24) is 4.98 Å². The summed E-state index contributed by atoms with van der Waals surface area (Å²) in [7, 11) is -3.92. The summed E-state index contributed by atoms with van der Waals surface area (Å²) in [5.41, 5.74) is 5.75. The molecule has 0 bridgehead atoms. The molecule has 20 heavy (non-hydrogen) atoms. The summed E-state index contributed by atoms with van der Waals surface area (Å²) >= 11 is 14.9. The Kier molecular flexibility index (Phi) is 4.43. The molecule has 106 valence electrons. The van der Waals surface area contributed by atoms with Gasteiger partial charge in [0.1, 0.15) is 10.7 Å². The van der Waals surface area contributed by atoms with Crippen LogP contribution in [0.5, 0.6) is 0 Å². The van der Waals surface area contributed by atoms with Crippen LogP contribution in [0.2, 0.25) is 10.0 Å². The Labute approximate surface area is 134 Å². The molecule has 5 nitrogen and oxygen atoms in total. The van der Waals surface area contributed by atoms with Crippen LogP contribution in [0.4, 0.5) is 11.5 Å². The number of nitrogens with two attached hydrogens (primary N) is 1. The third kappa shape index (κ3) is 3.35. The van der Waals surface area contributed by atoms with Gasteiger partial charge in [-0.3, -0.25) is 4.72 Å². The number of hydrogen-bond acceptors (Lipinski definition) is 4. The largest absolute Gasteiger partial charge is 0.383 e. The van der Waals surface area contributed by atoms with Crippen molar-refractivity contribution in [1.29, 1.82) is 0 Å². The minimum Gasteiger partial charge on any atom is -0.383 e. The van der Waals surface area contributed by atoms with Crippen LogP contribution in [0.25, 0.3) is 0 Å². The Bertz CT molecular complexity index is 768. The highest BCUT2D eigenvalue weighted by atomic mass is 79.9. The Morgan fingerprint density at radius 3 is 2.65 bits per heavy atom. The molecule has 0 aliphatic rings. The number of nitrogens with zero attached hydrogens (tertiary/aromatic N) is 1. The van der Waals surface area contributed by atoms with E-state index >= 15 is 0 Å². The van der Waals surface area contributed by atoms with E-state index in [0.717, 1.165) is 0 Å². The van der Waals surface area contributed by atoms with E-state index in [9.17, 15) is 8.42 Å². The highest BCUT2D eigenvalue weighted by Crippen LogP contribution is 2.29. The molecule has 0 saturated heterocycles. The van der Waals surface area contributed by atoms with Crippen molar-refractivity contribution < 1.29 is 8.42 Å². The first-order valence-corrected chi connectivity index (χ1v) is 8.22. The topological polar surface area (TPSA) is 85.1 Å². The van der Waals surface area contributed by atoms with Crippen LogP contribution >= 0.6 is 39.1 Å². The number of benzene rings is 1. The number of aromatic nitrogens is 1. The molecule has 2 aromatic rings. The molecular weight excluding hydrogens is 389 g/mol. The second-order valence-electron chi connectivity index (χ2n) is 3.77. The van der Waals surface area contributed by atoms with Crippen LogP contribution in [0.15, 0.2) is 39.8 Å². The summed E-state index contributed by atoms with van der Waals surface area (Å²) < 4.78 is 27.4. The number of sulfonamides is 1. The number of nitrogen functional groups attached to an aromatic ring is 1. The first kappa shape index (κ1) is 15.4. The molecule has 1 heterocycles. The van der Waals surface area contributed by atoms with Crippen LogP contribution in [-0.2, 0) is 10.0 Å². The monoisotopic (exact) mass is 395 g/mol. The second kappa shape index (κ2) is 5.77. The van der Waals surface area contributed by atoms with Gasteiger partial charge in [0, 0.05) is 15.7 Å². The lowest BCUT2D eigenvalue weighted by molar-refractivity contribution is 0.601. The van der Waals surface area contributed by atoms with Gasteiger partial charge in [0.25, 0.3) is 10.0 Å². The molecule has 0 unspecified atom stereocenters. The minimum atomic E-state index is -3.92. The minimum absolute atomic E-state index is 0.112. The molecule has 0 radical (unpaired) electrons. The first-order chi connectivity index (χ1) is 9.29. The number of hydrogen-bond donors (Lipinski definition) is 2. The molecule has 1 aromatic carbocycles. The number of rotatable bonds is 3. The second-order valence-corrected chi connectivity index (χ2v) is 7.18. The smallest absolute Gasteiger partial charge is 0.265 e. The van der Waals surface area contributed by atoms with E-state index in [4.69, 9.17) is 28.9 Å². The lowest BCUT2D eigenvalue weighted by Gasteiger charge is -2.11. The normalized spacial score (nSPS) is 11.3. The van der Waals surface area contributed by atoms with Crippen LogP contribution < -0.4 is 10.5 Å². The van der Waals surface area contributed by atoms with E-state index in [-0.39, 0.29) is 21.4 Å². The summed E-state index contributed by atoms with van der Waals surface area (Å²) in [5.74, 6) is -0.112. The Balaban J connectivity index is 2.46. The predicted molar refractivity (Wildman–Crippen MR) is 83.6 cm³/mol. The van der Waals surface area contributed by atoms with E-state index in [1.807, 2.05) is 0 Å². The van der Waals surface area contributed by atoms with Crippen molar-refractivity contribution in [2.45, 2.75) is 4.90 Å². The SMILES string of the molecule is Nc1ncc(Br)cc1S(=O)(=O)Nc1cc(Cl)ccc1Cl. The van der Waals surface area contributed by atoms with Gasteiger partial charge in [0.15, 0.2) is 0 Å². The lowest BCUT2D eigenvalue weighted by atomic mass is 10.3. The van der Waals surface area contributed by atoms with Gasteiger partial charge in [-0.05, 0) is 40.2 Å². The Hall–Kier alpha value is -1.02. The molecule has 0 atom stereocenters. The maximum Gasteiger partial charge on any atom is 0.265 e. The molecule has 1 aromatic heterocycles. The fraction of sp³-hybridized carbons (Fsp3) is 0. The molecule has 0 saturated carbocycles. The molecule has 0 spiro atoms. The van der Waals surface area contributed by atoms with E-state index in [0.29, 0.717) is 9.50 Å². The van der Waals surface area contributed by atoms with E-state index in [2.05, 4.69) is 25.6 Å². The number of nitrogens with one attached hydrogen (secondary N) is 1. The number of pyridine rings is 1. The average Bonchev–Trinajstić information content (AvgIpc) is 2.36. The summed E-state index contributed by atoms with van der Waals surface area (Å²) in [5, 5.41) is 0.576. The molecule has 0 aliphatic heterocycles. The molecule has 0 fully saturated rings. The van der Waals surface area contributed by atoms with Gasteiger partial charge in [-0.15, -0.1) is 0 Å². The van der Waals surface area contributed by atoms with Crippen LogP contribution in [0, 0.1) is 0 Å². The van der Waals surface area contributed by atoms with Gasteiger partial charge in [-0.1, -0.05) is 23.2 Å². The van der Waals surface area contributed by atoms with Gasteiger partial charge >= 0.3 is 0 Å². The predicted octanol–water partition coefficient (Wildman–Crippen LogP) is 3.53. The third-order valence-corrected chi connectivity index (χ3v) is 4.70. The van der Waals surface area contributed by atoms with Crippen molar-refractivity contribution in [2.75, 3.05) is 10.5 Å². The number of anilines is 2.